The maximum absolute atomic E-state index is 12.2. The van der Waals surface area contributed by atoms with E-state index in [1.54, 1.807) is 0 Å². The number of esters is 1. The first kappa shape index (κ1) is 17.6. The zero-order chi connectivity index (χ0) is 17.7. The third-order valence-corrected chi connectivity index (χ3v) is 4.12. The molecule has 2 aromatic rings. The number of aliphatic hydroxyl groups is 1. The van der Waals surface area contributed by atoms with Crippen LogP contribution >= 0.6 is 0 Å². The van der Waals surface area contributed by atoms with Gasteiger partial charge in [-0.2, -0.15) is 0 Å². The van der Waals surface area contributed by atoms with E-state index in [9.17, 15) is 20.0 Å². The maximum atomic E-state index is 12.2. The average molecular weight is 329 g/mol. The lowest BCUT2D eigenvalue weighted by Crippen LogP contribution is -2.28. The van der Waals surface area contributed by atoms with E-state index in [1.807, 2.05) is 37.3 Å². The van der Waals surface area contributed by atoms with Crippen molar-refractivity contribution in [1.82, 2.24) is 0 Å². The van der Waals surface area contributed by atoms with E-state index in [4.69, 9.17) is 4.74 Å². The SMILES string of the molecule is COC(=O)[C@@H]([C@H](C)c1ccccc1)[C@@H](O)c1ccc([N+](=O)[O-])cc1. The highest BCUT2D eigenvalue weighted by atomic mass is 16.6. The van der Waals surface area contributed by atoms with Crippen LogP contribution in [-0.4, -0.2) is 23.1 Å². The largest absolute Gasteiger partial charge is 0.469 e. The van der Waals surface area contributed by atoms with Crippen molar-refractivity contribution in [2.24, 2.45) is 5.92 Å². The topological polar surface area (TPSA) is 89.7 Å². The van der Waals surface area contributed by atoms with Crippen LogP contribution in [0.25, 0.3) is 0 Å². The van der Waals surface area contributed by atoms with Gasteiger partial charge < -0.3 is 9.84 Å². The van der Waals surface area contributed by atoms with Crippen molar-refractivity contribution in [3.8, 4) is 0 Å². The molecule has 0 saturated carbocycles. The molecule has 0 spiro atoms. The van der Waals surface area contributed by atoms with E-state index in [1.165, 1.54) is 31.4 Å². The van der Waals surface area contributed by atoms with Crippen molar-refractivity contribution in [3.63, 3.8) is 0 Å². The number of benzene rings is 2. The van der Waals surface area contributed by atoms with Gasteiger partial charge in [-0.05, 0) is 29.2 Å². The third-order valence-electron chi connectivity index (χ3n) is 4.12. The summed E-state index contributed by atoms with van der Waals surface area (Å²) in [6, 6.07) is 14.9. The minimum absolute atomic E-state index is 0.0725. The Morgan fingerprint density at radius 2 is 1.67 bits per heavy atom. The van der Waals surface area contributed by atoms with Gasteiger partial charge in [-0.15, -0.1) is 0 Å². The predicted molar refractivity (Wildman–Crippen MR) is 88.4 cm³/mol. The Morgan fingerprint density at radius 3 is 2.17 bits per heavy atom. The van der Waals surface area contributed by atoms with Crippen molar-refractivity contribution < 1.29 is 19.6 Å². The Labute approximate surface area is 139 Å². The number of methoxy groups -OCH3 is 1. The fraction of sp³-hybridized carbons (Fsp3) is 0.278. The van der Waals surface area contributed by atoms with Gasteiger partial charge in [0, 0.05) is 12.1 Å². The smallest absolute Gasteiger partial charge is 0.312 e. The summed E-state index contributed by atoms with van der Waals surface area (Å²) in [5, 5.41) is 21.4. The minimum Gasteiger partial charge on any atom is -0.469 e. The van der Waals surface area contributed by atoms with Crippen LogP contribution in [0.3, 0.4) is 0 Å². The van der Waals surface area contributed by atoms with Gasteiger partial charge in [0.2, 0.25) is 0 Å². The molecule has 0 saturated heterocycles. The molecule has 126 valence electrons. The molecular formula is C18H19NO5. The average Bonchev–Trinajstić information content (AvgIpc) is 2.62. The monoisotopic (exact) mass is 329 g/mol. The maximum Gasteiger partial charge on any atom is 0.312 e. The molecule has 6 heteroatoms. The highest BCUT2D eigenvalue weighted by Crippen LogP contribution is 2.35. The number of nitrogens with zero attached hydrogens (tertiary/aromatic N) is 1. The highest BCUT2D eigenvalue weighted by Gasteiger charge is 2.35. The van der Waals surface area contributed by atoms with Crippen LogP contribution in [0.15, 0.2) is 54.6 Å². The van der Waals surface area contributed by atoms with Gasteiger partial charge in [0.05, 0.1) is 24.1 Å². The van der Waals surface area contributed by atoms with Crippen LogP contribution in [-0.2, 0) is 9.53 Å². The van der Waals surface area contributed by atoms with E-state index in [0.29, 0.717) is 5.56 Å². The van der Waals surface area contributed by atoms with Crippen LogP contribution in [0, 0.1) is 16.0 Å². The molecule has 0 aliphatic carbocycles. The van der Waals surface area contributed by atoms with Crippen molar-refractivity contribution in [2.45, 2.75) is 18.9 Å². The number of nitro groups is 1. The van der Waals surface area contributed by atoms with Crippen LogP contribution in [0.2, 0.25) is 0 Å². The molecule has 1 N–H and O–H groups in total. The molecule has 0 aliphatic heterocycles. The Bertz CT molecular complexity index is 699. The molecule has 2 aromatic carbocycles. The first-order chi connectivity index (χ1) is 11.5. The number of non-ortho nitro benzene ring substituents is 1. The summed E-state index contributed by atoms with van der Waals surface area (Å²) in [6.07, 6.45) is -1.13. The number of carbonyl (C=O) groups excluding carboxylic acids is 1. The zero-order valence-electron chi connectivity index (χ0n) is 13.5. The summed E-state index contributed by atoms with van der Waals surface area (Å²) >= 11 is 0. The second-order valence-corrected chi connectivity index (χ2v) is 5.54. The van der Waals surface area contributed by atoms with Crippen molar-refractivity contribution in [2.75, 3.05) is 7.11 Å². The van der Waals surface area contributed by atoms with E-state index in [-0.39, 0.29) is 11.6 Å². The Kier molecular flexibility index (Phi) is 5.65. The molecule has 0 aliphatic rings. The highest BCUT2D eigenvalue weighted by molar-refractivity contribution is 5.74. The number of rotatable bonds is 6. The van der Waals surface area contributed by atoms with Gasteiger partial charge in [0.15, 0.2) is 0 Å². The normalized spacial score (nSPS) is 14.5. The summed E-state index contributed by atoms with van der Waals surface area (Å²) in [4.78, 5) is 22.4. The van der Waals surface area contributed by atoms with E-state index in [2.05, 4.69) is 0 Å². The second-order valence-electron chi connectivity index (χ2n) is 5.54. The Morgan fingerprint density at radius 1 is 1.08 bits per heavy atom. The lowest BCUT2D eigenvalue weighted by Gasteiger charge is -2.27. The molecule has 0 unspecified atom stereocenters. The van der Waals surface area contributed by atoms with Gasteiger partial charge in [-0.3, -0.25) is 14.9 Å². The van der Waals surface area contributed by atoms with Crippen molar-refractivity contribution >= 4 is 11.7 Å². The molecule has 24 heavy (non-hydrogen) atoms. The third kappa shape index (κ3) is 3.78. The molecule has 0 bridgehead atoms. The fourth-order valence-electron chi connectivity index (χ4n) is 2.71. The van der Waals surface area contributed by atoms with Gasteiger partial charge in [0.1, 0.15) is 0 Å². The molecule has 0 amide bonds. The summed E-state index contributed by atoms with van der Waals surface area (Å²) < 4.78 is 4.85. The summed E-state index contributed by atoms with van der Waals surface area (Å²) in [5.41, 5.74) is 1.25. The second kappa shape index (κ2) is 7.70. The number of ether oxygens (including phenoxy) is 1. The van der Waals surface area contributed by atoms with Crippen LogP contribution in [0.5, 0.6) is 0 Å². The quantitative estimate of drug-likeness (QED) is 0.499. The summed E-state index contributed by atoms with van der Waals surface area (Å²) in [6.45, 7) is 1.84. The molecule has 2 rings (SSSR count). The van der Waals surface area contributed by atoms with Crippen molar-refractivity contribution in [3.05, 3.63) is 75.8 Å². The predicted octanol–water partition coefficient (Wildman–Crippen LogP) is 3.22. The molecule has 6 nitrogen and oxygen atoms in total. The lowest BCUT2D eigenvalue weighted by atomic mass is 9.81. The number of carbonyl (C=O) groups is 1. The molecule has 3 atom stereocenters. The van der Waals surface area contributed by atoms with E-state index < -0.39 is 22.9 Å². The van der Waals surface area contributed by atoms with Crippen LogP contribution in [0.1, 0.15) is 30.1 Å². The lowest BCUT2D eigenvalue weighted by molar-refractivity contribution is -0.384. The Hall–Kier alpha value is -2.73. The van der Waals surface area contributed by atoms with Gasteiger partial charge in [-0.1, -0.05) is 37.3 Å². The summed E-state index contributed by atoms with van der Waals surface area (Å²) in [7, 11) is 1.27. The van der Waals surface area contributed by atoms with Gasteiger partial charge in [0.25, 0.3) is 5.69 Å². The minimum atomic E-state index is -1.13. The van der Waals surface area contributed by atoms with Crippen molar-refractivity contribution in [1.29, 1.82) is 0 Å². The fourth-order valence-corrected chi connectivity index (χ4v) is 2.71. The van der Waals surface area contributed by atoms with E-state index >= 15 is 0 Å². The molecule has 0 aromatic heterocycles. The first-order valence-corrected chi connectivity index (χ1v) is 7.51. The molecule has 0 fully saturated rings. The first-order valence-electron chi connectivity index (χ1n) is 7.51. The molecule has 0 radical (unpaired) electrons. The number of hydrogen-bond donors (Lipinski definition) is 1. The van der Waals surface area contributed by atoms with Crippen LogP contribution < -0.4 is 0 Å². The molecule has 0 heterocycles. The standard InChI is InChI=1S/C18H19NO5/c1-12(13-6-4-3-5-7-13)16(18(21)24-2)17(20)14-8-10-15(11-9-14)19(22)23/h3-12,16-17,20H,1-2H3/t12-,16+,17+/m1/s1. The van der Waals surface area contributed by atoms with Gasteiger partial charge >= 0.3 is 5.97 Å². The summed E-state index contributed by atoms with van der Waals surface area (Å²) in [5.74, 6) is -1.64. The zero-order valence-corrected chi connectivity index (χ0v) is 13.5. The molecular weight excluding hydrogens is 310 g/mol. The van der Waals surface area contributed by atoms with Crippen LogP contribution in [0.4, 0.5) is 5.69 Å². The Balaban J connectivity index is 2.33. The number of nitro benzene ring substituents is 1. The number of aliphatic hydroxyl groups excluding tert-OH is 1. The van der Waals surface area contributed by atoms with E-state index in [0.717, 1.165) is 5.56 Å². The van der Waals surface area contributed by atoms with Gasteiger partial charge in [-0.25, -0.2) is 0 Å². The number of hydrogen-bond acceptors (Lipinski definition) is 5.